The van der Waals surface area contributed by atoms with Crippen LogP contribution in [0.15, 0.2) is 192 Å². The molecule has 51 heavy (non-hydrogen) atoms. The van der Waals surface area contributed by atoms with E-state index in [-0.39, 0.29) is 0 Å². The summed E-state index contributed by atoms with van der Waals surface area (Å²) in [4.78, 5) is 4.76. The lowest BCUT2D eigenvalue weighted by Gasteiger charge is -2.13. The normalized spacial score (nSPS) is 11.5. The van der Waals surface area contributed by atoms with Crippen molar-refractivity contribution in [3.8, 4) is 56.0 Å². The second-order valence-electron chi connectivity index (χ2n) is 13.2. The molecule has 0 atom stereocenters. The molecule has 1 aromatic heterocycles. The van der Waals surface area contributed by atoms with Gasteiger partial charge in [0, 0.05) is 5.56 Å². The highest BCUT2D eigenvalue weighted by Crippen LogP contribution is 2.39. The lowest BCUT2D eigenvalue weighted by Crippen LogP contribution is -1.88. The van der Waals surface area contributed by atoms with Crippen molar-refractivity contribution in [1.29, 1.82) is 0 Å². The van der Waals surface area contributed by atoms with Gasteiger partial charge in [-0.15, -0.1) is 0 Å². The summed E-state index contributed by atoms with van der Waals surface area (Å²) in [5.74, 6) is 0.628. The van der Waals surface area contributed by atoms with Crippen molar-refractivity contribution >= 4 is 43.4 Å². The van der Waals surface area contributed by atoms with Crippen LogP contribution in [0.4, 0.5) is 0 Å². The van der Waals surface area contributed by atoms with E-state index in [4.69, 9.17) is 9.40 Å². The standard InChI is InChI=1S/C49H31NO/c1-2-11-32(12-3-1)38-28-39(30-40(29-38)35-13-10-14-37(27-35)49-50-47-19-8-9-20-48(47)51-49)34-23-21-33(22-24-34)36-25-26-45-43-17-5-4-15-41(43)42-16-6-7-18-44(42)46(45)31-36/h1-31H. The molecular weight excluding hydrogens is 619 g/mol. The zero-order valence-corrected chi connectivity index (χ0v) is 27.8. The molecule has 238 valence electrons. The number of para-hydroxylation sites is 2. The molecule has 0 saturated heterocycles. The molecular formula is C49H31NO. The molecule has 9 aromatic carbocycles. The smallest absolute Gasteiger partial charge is 0.227 e. The van der Waals surface area contributed by atoms with Gasteiger partial charge in [-0.25, -0.2) is 4.98 Å². The minimum atomic E-state index is 0.628. The Balaban J connectivity index is 1.06. The Morgan fingerprint density at radius 1 is 0.275 bits per heavy atom. The van der Waals surface area contributed by atoms with Crippen molar-refractivity contribution in [3.63, 3.8) is 0 Å². The molecule has 0 amide bonds. The Morgan fingerprint density at radius 3 is 1.37 bits per heavy atom. The van der Waals surface area contributed by atoms with Crippen LogP contribution >= 0.6 is 0 Å². The average molecular weight is 650 g/mol. The van der Waals surface area contributed by atoms with Crippen molar-refractivity contribution in [2.24, 2.45) is 0 Å². The fourth-order valence-corrected chi connectivity index (χ4v) is 7.53. The number of aromatic nitrogens is 1. The first-order valence-electron chi connectivity index (χ1n) is 17.4. The molecule has 10 rings (SSSR count). The Morgan fingerprint density at radius 2 is 0.706 bits per heavy atom. The van der Waals surface area contributed by atoms with Gasteiger partial charge in [0.25, 0.3) is 0 Å². The van der Waals surface area contributed by atoms with Crippen LogP contribution in [-0.4, -0.2) is 4.98 Å². The van der Waals surface area contributed by atoms with Crippen molar-refractivity contribution in [2.45, 2.75) is 0 Å². The van der Waals surface area contributed by atoms with E-state index in [2.05, 4.69) is 164 Å². The van der Waals surface area contributed by atoms with Gasteiger partial charge in [-0.1, -0.05) is 140 Å². The lowest BCUT2D eigenvalue weighted by molar-refractivity contribution is 0.620. The van der Waals surface area contributed by atoms with Crippen molar-refractivity contribution in [3.05, 3.63) is 188 Å². The van der Waals surface area contributed by atoms with E-state index in [9.17, 15) is 0 Å². The van der Waals surface area contributed by atoms with E-state index in [0.717, 1.165) is 27.8 Å². The molecule has 1 heterocycles. The average Bonchev–Trinajstić information content (AvgIpc) is 3.66. The third-order valence-electron chi connectivity index (χ3n) is 10.1. The van der Waals surface area contributed by atoms with Gasteiger partial charge < -0.3 is 4.42 Å². The highest BCUT2D eigenvalue weighted by molar-refractivity contribution is 6.25. The van der Waals surface area contributed by atoms with Gasteiger partial charge in [0.2, 0.25) is 5.89 Å². The maximum absolute atomic E-state index is 6.13. The summed E-state index contributed by atoms with van der Waals surface area (Å²) in [7, 11) is 0. The van der Waals surface area contributed by atoms with Crippen LogP contribution in [-0.2, 0) is 0 Å². The minimum absolute atomic E-state index is 0.628. The van der Waals surface area contributed by atoms with E-state index in [1.54, 1.807) is 0 Å². The number of benzene rings is 9. The van der Waals surface area contributed by atoms with E-state index in [1.165, 1.54) is 65.7 Å². The fraction of sp³-hybridized carbons (Fsp3) is 0. The van der Waals surface area contributed by atoms with Gasteiger partial charge in [-0.2, -0.15) is 0 Å². The maximum atomic E-state index is 6.13. The first-order valence-corrected chi connectivity index (χ1v) is 17.4. The summed E-state index contributed by atoms with van der Waals surface area (Å²) in [6, 6.07) is 67.3. The van der Waals surface area contributed by atoms with Gasteiger partial charge in [0.15, 0.2) is 5.58 Å². The van der Waals surface area contributed by atoms with Crippen molar-refractivity contribution < 1.29 is 4.42 Å². The van der Waals surface area contributed by atoms with Crippen LogP contribution in [0.5, 0.6) is 0 Å². The van der Waals surface area contributed by atoms with Crippen LogP contribution in [0.3, 0.4) is 0 Å². The Kier molecular flexibility index (Phi) is 6.85. The number of hydrogen-bond acceptors (Lipinski definition) is 2. The third kappa shape index (κ3) is 5.17. The molecule has 0 N–H and O–H groups in total. The number of hydrogen-bond donors (Lipinski definition) is 0. The first kappa shape index (κ1) is 29.2. The molecule has 0 unspecified atom stereocenters. The molecule has 2 nitrogen and oxygen atoms in total. The SMILES string of the molecule is c1ccc(-c2cc(-c3ccc(-c4ccc5c6ccccc6c6ccccc6c5c4)cc3)cc(-c3cccc(-c4nc5ccccc5o4)c3)c2)cc1. The van der Waals surface area contributed by atoms with Gasteiger partial charge in [0.1, 0.15) is 5.52 Å². The van der Waals surface area contributed by atoms with E-state index in [0.29, 0.717) is 5.89 Å². The van der Waals surface area contributed by atoms with Gasteiger partial charge >= 0.3 is 0 Å². The van der Waals surface area contributed by atoms with Gasteiger partial charge in [-0.3, -0.25) is 0 Å². The lowest BCUT2D eigenvalue weighted by atomic mass is 9.91. The molecule has 0 saturated carbocycles. The molecule has 0 fully saturated rings. The highest BCUT2D eigenvalue weighted by Gasteiger charge is 2.13. The second-order valence-corrected chi connectivity index (χ2v) is 13.2. The van der Waals surface area contributed by atoms with Gasteiger partial charge in [0.05, 0.1) is 0 Å². The zero-order chi connectivity index (χ0) is 33.7. The highest BCUT2D eigenvalue weighted by atomic mass is 16.3. The summed E-state index contributed by atoms with van der Waals surface area (Å²) in [5, 5.41) is 7.74. The van der Waals surface area contributed by atoms with Crippen LogP contribution < -0.4 is 0 Å². The molecule has 0 aliphatic heterocycles. The number of rotatable bonds is 5. The number of fused-ring (bicyclic) bond motifs is 7. The summed E-state index contributed by atoms with van der Waals surface area (Å²) in [6.07, 6.45) is 0. The second kappa shape index (κ2) is 12.0. The van der Waals surface area contributed by atoms with Crippen LogP contribution in [0.1, 0.15) is 0 Å². The van der Waals surface area contributed by atoms with E-state index in [1.807, 2.05) is 24.3 Å². The molecule has 2 heteroatoms. The number of nitrogens with zero attached hydrogens (tertiary/aromatic N) is 1. The molecule has 0 aliphatic carbocycles. The number of oxazole rings is 1. The van der Waals surface area contributed by atoms with Crippen LogP contribution in [0.25, 0.3) is 99.4 Å². The van der Waals surface area contributed by atoms with Crippen molar-refractivity contribution in [2.75, 3.05) is 0 Å². The Bertz CT molecular complexity index is 2830. The first-order chi connectivity index (χ1) is 25.2. The van der Waals surface area contributed by atoms with E-state index >= 15 is 0 Å². The minimum Gasteiger partial charge on any atom is -0.436 e. The van der Waals surface area contributed by atoms with Gasteiger partial charge in [-0.05, 0) is 125 Å². The summed E-state index contributed by atoms with van der Waals surface area (Å²) in [6.45, 7) is 0. The quantitative estimate of drug-likeness (QED) is 0.173. The zero-order valence-electron chi connectivity index (χ0n) is 27.8. The molecule has 0 spiro atoms. The third-order valence-corrected chi connectivity index (χ3v) is 10.1. The predicted molar refractivity (Wildman–Crippen MR) is 214 cm³/mol. The molecule has 10 aromatic rings. The van der Waals surface area contributed by atoms with Crippen LogP contribution in [0, 0.1) is 0 Å². The molecule has 0 radical (unpaired) electrons. The largest absolute Gasteiger partial charge is 0.436 e. The van der Waals surface area contributed by atoms with Crippen LogP contribution in [0.2, 0.25) is 0 Å². The summed E-state index contributed by atoms with van der Waals surface area (Å²) >= 11 is 0. The fourth-order valence-electron chi connectivity index (χ4n) is 7.53. The van der Waals surface area contributed by atoms with E-state index < -0.39 is 0 Å². The molecule has 0 bridgehead atoms. The topological polar surface area (TPSA) is 26.0 Å². The summed E-state index contributed by atoms with van der Waals surface area (Å²) in [5.41, 5.74) is 12.0. The monoisotopic (exact) mass is 649 g/mol. The maximum Gasteiger partial charge on any atom is 0.227 e. The predicted octanol–water partition coefficient (Wildman–Crippen LogP) is 13.6. The van der Waals surface area contributed by atoms with Crippen molar-refractivity contribution in [1.82, 2.24) is 4.98 Å². The molecule has 0 aliphatic rings. The Hall–Kier alpha value is -6.77. The Labute approximate surface area is 295 Å². The summed E-state index contributed by atoms with van der Waals surface area (Å²) < 4.78 is 6.13.